The number of hydrogen-bond acceptors (Lipinski definition) is 4. The molecule has 0 bridgehead atoms. The first kappa shape index (κ1) is 17.9. The summed E-state index contributed by atoms with van der Waals surface area (Å²) in [6.45, 7) is 3.03. The van der Waals surface area contributed by atoms with Crippen molar-refractivity contribution in [2.75, 3.05) is 26.2 Å². The van der Waals surface area contributed by atoms with E-state index in [1.165, 1.54) is 0 Å². The summed E-state index contributed by atoms with van der Waals surface area (Å²) in [6.07, 6.45) is 3.17. The maximum absolute atomic E-state index is 14.0. The lowest BCUT2D eigenvalue weighted by Crippen LogP contribution is -2.50. The first-order valence-corrected chi connectivity index (χ1v) is 9.16. The highest BCUT2D eigenvalue weighted by Crippen LogP contribution is 2.29. The summed E-state index contributed by atoms with van der Waals surface area (Å²) in [5.74, 6) is -3.48. The van der Waals surface area contributed by atoms with E-state index in [2.05, 4.69) is 9.97 Å². The van der Waals surface area contributed by atoms with Crippen LogP contribution in [0, 0.1) is 17.5 Å². The topological polar surface area (TPSA) is 69.3 Å². The number of hydrogen-bond donors (Lipinski definition) is 1. The van der Waals surface area contributed by atoms with E-state index >= 15 is 0 Å². The molecule has 1 aromatic heterocycles. The van der Waals surface area contributed by atoms with Crippen LogP contribution in [-0.4, -0.2) is 53.8 Å². The van der Waals surface area contributed by atoms with Crippen LogP contribution in [0.1, 0.15) is 18.8 Å². The molecule has 2 aromatic rings. The van der Waals surface area contributed by atoms with E-state index in [1.54, 1.807) is 12.4 Å². The van der Waals surface area contributed by atoms with Crippen molar-refractivity contribution in [2.24, 2.45) is 0 Å². The molecule has 1 fully saturated rings. The van der Waals surface area contributed by atoms with Gasteiger partial charge in [0.05, 0.1) is 6.04 Å². The zero-order valence-corrected chi connectivity index (χ0v) is 14.2. The molecule has 25 heavy (non-hydrogen) atoms. The van der Waals surface area contributed by atoms with E-state index in [1.807, 2.05) is 11.8 Å². The van der Waals surface area contributed by atoms with Crippen LogP contribution in [0.2, 0.25) is 0 Å². The number of rotatable bonds is 4. The van der Waals surface area contributed by atoms with Crippen LogP contribution in [0.25, 0.3) is 0 Å². The van der Waals surface area contributed by atoms with Gasteiger partial charge in [0.25, 0.3) is 0 Å². The van der Waals surface area contributed by atoms with Crippen LogP contribution >= 0.6 is 0 Å². The molecule has 1 aliphatic rings. The van der Waals surface area contributed by atoms with Crippen molar-refractivity contribution in [1.82, 2.24) is 19.2 Å². The molecule has 2 heterocycles. The minimum atomic E-state index is -4.45. The zero-order chi connectivity index (χ0) is 18.2. The molecule has 0 aliphatic carbocycles. The second-order valence-corrected chi connectivity index (χ2v) is 7.56. The Morgan fingerprint density at radius 2 is 1.92 bits per heavy atom. The second-order valence-electron chi connectivity index (χ2n) is 5.68. The molecule has 136 valence electrons. The quantitative estimate of drug-likeness (QED) is 0.888. The first-order valence-electron chi connectivity index (χ1n) is 7.72. The van der Waals surface area contributed by atoms with E-state index in [0.717, 1.165) is 4.31 Å². The first-order chi connectivity index (χ1) is 11.8. The predicted molar refractivity (Wildman–Crippen MR) is 83.7 cm³/mol. The second kappa shape index (κ2) is 6.77. The van der Waals surface area contributed by atoms with Gasteiger partial charge in [0.2, 0.25) is 10.0 Å². The maximum Gasteiger partial charge on any atom is 0.249 e. The van der Waals surface area contributed by atoms with Crippen molar-refractivity contribution < 1.29 is 21.6 Å². The van der Waals surface area contributed by atoms with Crippen LogP contribution in [0.4, 0.5) is 13.2 Å². The van der Waals surface area contributed by atoms with Crippen molar-refractivity contribution in [3.63, 3.8) is 0 Å². The highest BCUT2D eigenvalue weighted by atomic mass is 32.2. The Hall–Kier alpha value is -1.91. The number of imidazole rings is 1. The summed E-state index contributed by atoms with van der Waals surface area (Å²) in [4.78, 5) is 7.99. The minimum Gasteiger partial charge on any atom is -0.347 e. The number of likely N-dealkylation sites (N-methyl/N-ethyl adjacent to an activating group) is 1. The number of nitrogens with one attached hydrogen (secondary N) is 1. The van der Waals surface area contributed by atoms with E-state index in [-0.39, 0.29) is 19.1 Å². The summed E-state index contributed by atoms with van der Waals surface area (Å²) in [5.41, 5.74) is 0. The standard InChI is InChI=1S/C15H17F3N4O2S/c1-2-21-5-6-22(9-13(21)15-19-3-4-20-15)25(23,24)14-11(17)7-10(16)8-12(14)18/h3-4,7-8,13H,2,5-6,9H2,1H3,(H,19,20)/t13-/m1/s1. The molecule has 1 saturated heterocycles. The van der Waals surface area contributed by atoms with Crippen molar-refractivity contribution >= 4 is 10.0 Å². The highest BCUT2D eigenvalue weighted by molar-refractivity contribution is 7.89. The van der Waals surface area contributed by atoms with Gasteiger partial charge in [-0.25, -0.2) is 26.6 Å². The van der Waals surface area contributed by atoms with Crippen molar-refractivity contribution in [1.29, 1.82) is 0 Å². The maximum atomic E-state index is 14.0. The number of aromatic amines is 1. The summed E-state index contributed by atoms with van der Waals surface area (Å²) >= 11 is 0. The number of piperazine rings is 1. The molecule has 1 N–H and O–H groups in total. The SMILES string of the molecule is CCN1CCN(S(=O)(=O)c2c(F)cc(F)cc2F)C[C@@H]1c1ncc[nH]1. The zero-order valence-electron chi connectivity index (χ0n) is 13.4. The molecule has 0 unspecified atom stereocenters. The van der Waals surface area contributed by atoms with Gasteiger partial charge in [0.15, 0.2) is 4.90 Å². The lowest BCUT2D eigenvalue weighted by Gasteiger charge is -2.39. The van der Waals surface area contributed by atoms with Gasteiger partial charge in [-0.15, -0.1) is 0 Å². The molecular weight excluding hydrogens is 357 g/mol. The number of benzene rings is 1. The molecule has 1 atom stereocenters. The Morgan fingerprint density at radius 1 is 1.24 bits per heavy atom. The van der Waals surface area contributed by atoms with Gasteiger partial charge in [-0.1, -0.05) is 6.92 Å². The normalized spacial score (nSPS) is 20.1. The molecule has 6 nitrogen and oxygen atoms in total. The molecule has 0 amide bonds. The smallest absolute Gasteiger partial charge is 0.249 e. The molecule has 0 spiro atoms. The fourth-order valence-corrected chi connectivity index (χ4v) is 4.54. The van der Waals surface area contributed by atoms with Crippen LogP contribution in [0.15, 0.2) is 29.4 Å². The highest BCUT2D eigenvalue weighted by Gasteiger charge is 2.38. The van der Waals surface area contributed by atoms with E-state index in [0.29, 0.717) is 31.0 Å². The van der Waals surface area contributed by atoms with Gasteiger partial charge >= 0.3 is 0 Å². The average Bonchev–Trinajstić information content (AvgIpc) is 3.07. The summed E-state index contributed by atoms with van der Waals surface area (Å²) < 4.78 is 67.5. The van der Waals surface area contributed by atoms with Crippen molar-refractivity contribution in [2.45, 2.75) is 17.9 Å². The fourth-order valence-electron chi connectivity index (χ4n) is 3.02. The summed E-state index contributed by atoms with van der Waals surface area (Å²) in [7, 11) is -4.45. The Balaban J connectivity index is 1.96. The molecule has 3 rings (SSSR count). The van der Waals surface area contributed by atoms with E-state index in [4.69, 9.17) is 0 Å². The van der Waals surface area contributed by atoms with Gasteiger partial charge in [-0.3, -0.25) is 4.90 Å². The lowest BCUT2D eigenvalue weighted by molar-refractivity contribution is 0.119. The van der Waals surface area contributed by atoms with Crippen molar-refractivity contribution in [3.05, 3.63) is 47.8 Å². The van der Waals surface area contributed by atoms with Crippen LogP contribution in [0.5, 0.6) is 0 Å². The minimum absolute atomic E-state index is 0.0139. The predicted octanol–water partition coefficient (Wildman–Crippen LogP) is 1.89. The largest absolute Gasteiger partial charge is 0.347 e. The summed E-state index contributed by atoms with van der Waals surface area (Å²) in [5, 5.41) is 0. The number of halogens is 3. The Bertz CT molecular complexity index is 835. The Morgan fingerprint density at radius 3 is 2.48 bits per heavy atom. The summed E-state index contributed by atoms with van der Waals surface area (Å²) in [6, 6.07) is 0.361. The molecule has 10 heteroatoms. The number of nitrogens with zero attached hydrogens (tertiary/aromatic N) is 3. The Labute approximate surface area is 143 Å². The van der Waals surface area contributed by atoms with Crippen LogP contribution in [0.3, 0.4) is 0 Å². The van der Waals surface area contributed by atoms with E-state index in [9.17, 15) is 21.6 Å². The third-order valence-electron chi connectivity index (χ3n) is 4.26. The van der Waals surface area contributed by atoms with Crippen LogP contribution in [-0.2, 0) is 10.0 Å². The van der Waals surface area contributed by atoms with E-state index < -0.39 is 32.4 Å². The van der Waals surface area contributed by atoms with Gasteiger partial charge in [-0.2, -0.15) is 4.31 Å². The average molecular weight is 374 g/mol. The van der Waals surface area contributed by atoms with Gasteiger partial charge in [0.1, 0.15) is 23.3 Å². The monoisotopic (exact) mass is 374 g/mol. The molecule has 0 radical (unpaired) electrons. The van der Waals surface area contributed by atoms with Gasteiger partial charge in [0, 0.05) is 44.2 Å². The number of H-pyrrole nitrogens is 1. The number of aromatic nitrogens is 2. The van der Waals surface area contributed by atoms with Gasteiger partial charge < -0.3 is 4.98 Å². The third kappa shape index (κ3) is 3.29. The molecule has 1 aromatic carbocycles. The van der Waals surface area contributed by atoms with Crippen LogP contribution < -0.4 is 0 Å². The molecular formula is C15H17F3N4O2S. The lowest BCUT2D eigenvalue weighted by atomic mass is 10.2. The number of sulfonamides is 1. The van der Waals surface area contributed by atoms with Gasteiger partial charge in [-0.05, 0) is 6.54 Å². The fraction of sp³-hybridized carbons (Fsp3) is 0.400. The Kier molecular flexibility index (Phi) is 4.85. The third-order valence-corrected chi connectivity index (χ3v) is 6.17. The molecule has 0 saturated carbocycles. The van der Waals surface area contributed by atoms with Crippen molar-refractivity contribution in [3.8, 4) is 0 Å². The molecule has 1 aliphatic heterocycles.